The van der Waals surface area contributed by atoms with Gasteiger partial charge in [0.15, 0.2) is 5.69 Å². The molecule has 0 bridgehead atoms. The van der Waals surface area contributed by atoms with Crippen LogP contribution in [0, 0.1) is 17.8 Å². The SMILES string of the molecule is CCn1nc(C(=O)NCC2CCC(C)CC2)c(Cl)c1-c1cnc(NC2CC(C(F)(F)F)C2)cc1OC. The molecule has 11 heteroatoms. The van der Waals surface area contributed by atoms with Crippen LogP contribution < -0.4 is 15.4 Å². The third kappa shape index (κ3) is 5.74. The van der Waals surface area contributed by atoms with Crippen LogP contribution in [0.25, 0.3) is 11.3 Å². The fraction of sp³-hybridized carbons (Fsp3) is 0.640. The molecule has 0 aliphatic heterocycles. The summed E-state index contributed by atoms with van der Waals surface area (Å²) >= 11 is 6.67. The Morgan fingerprint density at radius 3 is 2.56 bits per heavy atom. The molecule has 198 valence electrons. The minimum absolute atomic E-state index is 0.0159. The fourth-order valence-corrected chi connectivity index (χ4v) is 5.32. The first-order valence-electron chi connectivity index (χ1n) is 12.5. The highest BCUT2D eigenvalue weighted by Gasteiger charge is 2.47. The Hall–Kier alpha value is -2.49. The maximum absolute atomic E-state index is 12.9. The number of hydrogen-bond donors (Lipinski definition) is 2. The maximum Gasteiger partial charge on any atom is 0.391 e. The molecular weight excluding hydrogens is 495 g/mol. The predicted octanol–water partition coefficient (Wildman–Crippen LogP) is 5.94. The van der Waals surface area contributed by atoms with Crippen molar-refractivity contribution in [2.45, 2.75) is 71.1 Å². The van der Waals surface area contributed by atoms with Crippen LogP contribution >= 0.6 is 11.6 Å². The lowest BCUT2D eigenvalue weighted by Crippen LogP contribution is -2.43. The van der Waals surface area contributed by atoms with E-state index in [9.17, 15) is 18.0 Å². The van der Waals surface area contributed by atoms with Gasteiger partial charge in [-0.1, -0.05) is 31.4 Å². The van der Waals surface area contributed by atoms with Crippen LogP contribution in [0.5, 0.6) is 5.75 Å². The number of rotatable bonds is 8. The first-order valence-corrected chi connectivity index (χ1v) is 12.9. The van der Waals surface area contributed by atoms with Crippen molar-refractivity contribution in [3.63, 3.8) is 0 Å². The van der Waals surface area contributed by atoms with Gasteiger partial charge >= 0.3 is 6.18 Å². The minimum atomic E-state index is -4.17. The predicted molar refractivity (Wildman–Crippen MR) is 132 cm³/mol. The second kappa shape index (κ2) is 10.9. The van der Waals surface area contributed by atoms with E-state index in [1.165, 1.54) is 20.0 Å². The Kier molecular flexibility index (Phi) is 8.02. The molecule has 2 aliphatic carbocycles. The third-order valence-corrected chi connectivity index (χ3v) is 7.75. The number of ether oxygens (including phenoxy) is 1. The van der Waals surface area contributed by atoms with E-state index in [0.29, 0.717) is 41.8 Å². The summed E-state index contributed by atoms with van der Waals surface area (Å²) in [7, 11) is 1.49. The molecule has 2 aliphatic rings. The minimum Gasteiger partial charge on any atom is -0.496 e. The van der Waals surface area contributed by atoms with Gasteiger partial charge in [0.05, 0.1) is 29.3 Å². The second-order valence-electron chi connectivity index (χ2n) is 9.98. The molecule has 2 aromatic rings. The maximum atomic E-state index is 12.9. The Balaban J connectivity index is 1.48. The molecule has 7 nitrogen and oxygen atoms in total. The van der Waals surface area contributed by atoms with E-state index >= 15 is 0 Å². The highest BCUT2D eigenvalue weighted by Crippen LogP contribution is 2.43. The average molecular weight is 528 g/mol. The van der Waals surface area contributed by atoms with Gasteiger partial charge in [-0.2, -0.15) is 18.3 Å². The molecule has 0 radical (unpaired) electrons. The van der Waals surface area contributed by atoms with Crippen molar-refractivity contribution in [2.24, 2.45) is 17.8 Å². The number of aryl methyl sites for hydroxylation is 1. The van der Waals surface area contributed by atoms with Gasteiger partial charge in [-0.15, -0.1) is 0 Å². The molecule has 36 heavy (non-hydrogen) atoms. The summed E-state index contributed by atoms with van der Waals surface area (Å²) in [6, 6.07) is 1.33. The molecule has 4 rings (SSSR count). The van der Waals surface area contributed by atoms with Gasteiger partial charge in [-0.25, -0.2) is 4.98 Å². The van der Waals surface area contributed by atoms with Gasteiger partial charge in [0.2, 0.25) is 0 Å². The lowest BCUT2D eigenvalue weighted by molar-refractivity contribution is -0.195. The van der Waals surface area contributed by atoms with Crippen LogP contribution in [-0.2, 0) is 6.54 Å². The number of methoxy groups -OCH3 is 1. The first kappa shape index (κ1) is 26.6. The zero-order chi connectivity index (χ0) is 26.0. The smallest absolute Gasteiger partial charge is 0.391 e. The van der Waals surface area contributed by atoms with Crippen molar-refractivity contribution in [3.8, 4) is 17.0 Å². The lowest BCUT2D eigenvalue weighted by Gasteiger charge is -2.37. The molecule has 2 heterocycles. The summed E-state index contributed by atoms with van der Waals surface area (Å²) < 4.78 is 45.5. The number of hydrogen-bond acceptors (Lipinski definition) is 5. The van der Waals surface area contributed by atoms with E-state index in [2.05, 4.69) is 27.6 Å². The topological polar surface area (TPSA) is 81.1 Å². The molecule has 2 aromatic heterocycles. The quantitative estimate of drug-likeness (QED) is 0.444. The van der Waals surface area contributed by atoms with Crippen molar-refractivity contribution in [3.05, 3.63) is 23.0 Å². The molecule has 0 atom stereocenters. The van der Waals surface area contributed by atoms with E-state index in [1.807, 2.05) is 6.92 Å². The zero-order valence-corrected chi connectivity index (χ0v) is 21.5. The largest absolute Gasteiger partial charge is 0.496 e. The number of alkyl halides is 3. The first-order chi connectivity index (χ1) is 17.1. The van der Waals surface area contributed by atoms with Gasteiger partial charge in [0, 0.05) is 31.4 Å². The van der Waals surface area contributed by atoms with Crippen LogP contribution in [0.15, 0.2) is 12.3 Å². The summed E-state index contributed by atoms with van der Waals surface area (Å²) in [5.74, 6) is 0.452. The van der Waals surface area contributed by atoms with Crippen molar-refractivity contribution >= 4 is 23.3 Å². The van der Waals surface area contributed by atoms with Crippen LogP contribution in [0.1, 0.15) is 62.9 Å². The highest BCUT2D eigenvalue weighted by atomic mass is 35.5. The number of halogens is 4. The number of nitrogens with one attached hydrogen (secondary N) is 2. The Labute approximate surface area is 214 Å². The molecule has 0 spiro atoms. The number of amides is 1. The number of aromatic nitrogens is 3. The van der Waals surface area contributed by atoms with Gasteiger partial charge in [0.25, 0.3) is 5.91 Å². The molecule has 0 unspecified atom stereocenters. The summed E-state index contributed by atoms with van der Waals surface area (Å²) in [5.41, 5.74) is 1.20. The van der Waals surface area contributed by atoms with E-state index < -0.39 is 12.1 Å². The standard InChI is InChI=1S/C25H33ClF3N5O2/c1-4-34-23(21(26)22(33-34)24(35)31-12-15-7-5-14(2)6-8-15)18-13-30-20(11-19(18)36-3)32-17-9-16(10-17)25(27,28)29/h11,13-17H,4-10,12H2,1-3H3,(H,30,32)(H,31,35). The summed E-state index contributed by atoms with van der Waals surface area (Å²) in [5, 5.41) is 10.7. The zero-order valence-electron chi connectivity index (χ0n) is 20.8. The summed E-state index contributed by atoms with van der Waals surface area (Å²) in [4.78, 5) is 17.3. The van der Waals surface area contributed by atoms with Crippen molar-refractivity contribution in [1.82, 2.24) is 20.1 Å². The van der Waals surface area contributed by atoms with Gasteiger partial charge in [0.1, 0.15) is 11.6 Å². The second-order valence-corrected chi connectivity index (χ2v) is 10.4. The number of carbonyl (C=O) groups excluding carboxylic acids is 1. The van der Waals surface area contributed by atoms with Crippen LogP contribution in [0.4, 0.5) is 19.0 Å². The van der Waals surface area contributed by atoms with Crippen molar-refractivity contribution in [1.29, 1.82) is 0 Å². The van der Waals surface area contributed by atoms with Gasteiger partial charge in [-0.3, -0.25) is 9.48 Å². The van der Waals surface area contributed by atoms with E-state index in [0.717, 1.165) is 18.8 Å². The molecule has 2 saturated carbocycles. The Morgan fingerprint density at radius 1 is 1.25 bits per heavy atom. The summed E-state index contributed by atoms with van der Waals surface area (Å²) in [6.07, 6.45) is 1.97. The van der Waals surface area contributed by atoms with E-state index in [4.69, 9.17) is 16.3 Å². The molecule has 0 aromatic carbocycles. The number of pyridine rings is 1. The van der Waals surface area contributed by atoms with Crippen molar-refractivity contribution in [2.75, 3.05) is 19.0 Å². The number of nitrogens with zero attached hydrogens (tertiary/aromatic N) is 3. The Morgan fingerprint density at radius 2 is 1.94 bits per heavy atom. The van der Waals surface area contributed by atoms with Crippen LogP contribution in [0.3, 0.4) is 0 Å². The highest BCUT2D eigenvalue weighted by molar-refractivity contribution is 6.36. The monoisotopic (exact) mass is 527 g/mol. The lowest BCUT2D eigenvalue weighted by atomic mass is 9.80. The summed E-state index contributed by atoms with van der Waals surface area (Å²) in [6.45, 7) is 5.21. The Bertz CT molecular complexity index is 1080. The van der Waals surface area contributed by atoms with Gasteiger partial charge < -0.3 is 15.4 Å². The number of anilines is 1. The van der Waals surface area contributed by atoms with Crippen LogP contribution in [-0.4, -0.2) is 46.5 Å². The normalized spacial score (nSPS) is 24.2. The van der Waals surface area contributed by atoms with E-state index in [-0.39, 0.29) is 35.5 Å². The fourth-order valence-electron chi connectivity index (χ4n) is 5.00. The molecular formula is C25H33ClF3N5O2. The molecule has 1 amide bonds. The van der Waals surface area contributed by atoms with E-state index in [1.54, 1.807) is 16.9 Å². The van der Waals surface area contributed by atoms with Crippen molar-refractivity contribution < 1.29 is 22.7 Å². The number of carbonyl (C=O) groups is 1. The molecule has 2 N–H and O–H groups in total. The van der Waals surface area contributed by atoms with Crippen LogP contribution in [0.2, 0.25) is 5.02 Å². The van der Waals surface area contributed by atoms with Gasteiger partial charge in [-0.05, 0) is 44.4 Å². The average Bonchev–Trinajstić information content (AvgIpc) is 3.15. The molecule has 0 saturated heterocycles. The third-order valence-electron chi connectivity index (χ3n) is 7.39. The molecule has 2 fully saturated rings.